The van der Waals surface area contributed by atoms with Crippen LogP contribution in [0.15, 0.2) is 30.4 Å². The van der Waals surface area contributed by atoms with Crippen molar-refractivity contribution in [3.63, 3.8) is 0 Å². The third-order valence-corrected chi connectivity index (χ3v) is 2.44. The van der Waals surface area contributed by atoms with E-state index in [1.807, 2.05) is 6.07 Å². The van der Waals surface area contributed by atoms with Gasteiger partial charge in [-0.15, -0.1) is 0 Å². The minimum absolute atomic E-state index is 0.0136. The Labute approximate surface area is 82.7 Å². The van der Waals surface area contributed by atoms with Crippen LogP contribution in [-0.4, -0.2) is 16.8 Å². The van der Waals surface area contributed by atoms with Gasteiger partial charge in [-0.1, -0.05) is 24.3 Å². The van der Waals surface area contributed by atoms with E-state index in [1.54, 1.807) is 6.07 Å². The van der Waals surface area contributed by atoms with Crippen molar-refractivity contribution in [2.24, 2.45) is 0 Å². The van der Waals surface area contributed by atoms with Crippen LogP contribution >= 0.6 is 0 Å². The molecule has 0 amide bonds. The van der Waals surface area contributed by atoms with Crippen LogP contribution in [0.25, 0.3) is 0 Å². The Bertz CT molecular complexity index is 360. The van der Waals surface area contributed by atoms with Gasteiger partial charge in [0.2, 0.25) is 0 Å². The van der Waals surface area contributed by atoms with Gasteiger partial charge in [0, 0.05) is 18.2 Å². The molecule has 3 N–H and O–H groups in total. The Balaban J connectivity index is 2.31. The number of rotatable bonds is 1. The third-order valence-electron chi connectivity index (χ3n) is 2.44. The molecule has 0 saturated carbocycles. The number of phenols is 2. The summed E-state index contributed by atoms with van der Waals surface area (Å²) in [4.78, 5) is 0. The fourth-order valence-electron chi connectivity index (χ4n) is 1.68. The molecule has 0 fully saturated rings. The third kappa shape index (κ3) is 1.59. The van der Waals surface area contributed by atoms with Crippen LogP contribution in [0.4, 0.5) is 0 Å². The molecule has 1 unspecified atom stereocenters. The van der Waals surface area contributed by atoms with Crippen molar-refractivity contribution in [2.75, 3.05) is 6.54 Å². The van der Waals surface area contributed by atoms with E-state index in [0.717, 1.165) is 18.5 Å². The molecule has 1 atom stereocenters. The predicted molar refractivity (Wildman–Crippen MR) is 54.3 cm³/mol. The van der Waals surface area contributed by atoms with E-state index < -0.39 is 0 Å². The highest BCUT2D eigenvalue weighted by Gasteiger charge is 2.16. The van der Waals surface area contributed by atoms with Crippen molar-refractivity contribution < 1.29 is 10.2 Å². The standard InChI is InChI=1S/C11H13NO2/c13-10-6-3-4-8(11(10)14)9-5-1-2-7-12-9/h1-4,6,9,12-14H,5,7H2. The number of hydrogen-bond donors (Lipinski definition) is 3. The second-order valence-electron chi connectivity index (χ2n) is 3.38. The Morgan fingerprint density at radius 3 is 2.79 bits per heavy atom. The van der Waals surface area contributed by atoms with Gasteiger partial charge in [-0.2, -0.15) is 0 Å². The SMILES string of the molecule is Oc1cccc(C2CC=CCN2)c1O. The van der Waals surface area contributed by atoms with E-state index in [1.165, 1.54) is 6.07 Å². The number of nitrogens with one attached hydrogen (secondary N) is 1. The zero-order chi connectivity index (χ0) is 9.97. The fourth-order valence-corrected chi connectivity index (χ4v) is 1.68. The van der Waals surface area contributed by atoms with E-state index in [-0.39, 0.29) is 17.5 Å². The van der Waals surface area contributed by atoms with Crippen LogP contribution in [0, 0.1) is 0 Å². The van der Waals surface area contributed by atoms with Gasteiger partial charge in [0.1, 0.15) is 0 Å². The first kappa shape index (κ1) is 9.09. The predicted octanol–water partition coefficient (Wildman–Crippen LogP) is 1.69. The second-order valence-corrected chi connectivity index (χ2v) is 3.38. The van der Waals surface area contributed by atoms with E-state index in [2.05, 4.69) is 17.5 Å². The quantitative estimate of drug-likeness (QED) is 0.467. The number of phenolic OH excluding ortho intramolecular Hbond substituents is 2. The average molecular weight is 191 g/mol. The van der Waals surface area contributed by atoms with Crippen molar-refractivity contribution in [3.05, 3.63) is 35.9 Å². The summed E-state index contributed by atoms with van der Waals surface area (Å²) < 4.78 is 0. The maximum atomic E-state index is 9.64. The van der Waals surface area contributed by atoms with Gasteiger partial charge in [0.05, 0.1) is 0 Å². The van der Waals surface area contributed by atoms with Gasteiger partial charge in [-0.05, 0) is 12.5 Å². The summed E-state index contributed by atoms with van der Waals surface area (Å²) in [5.41, 5.74) is 0.759. The van der Waals surface area contributed by atoms with Crippen molar-refractivity contribution in [2.45, 2.75) is 12.5 Å². The van der Waals surface area contributed by atoms with Crippen LogP contribution in [-0.2, 0) is 0 Å². The molecular weight excluding hydrogens is 178 g/mol. The summed E-state index contributed by atoms with van der Waals surface area (Å²) in [6.45, 7) is 0.805. The van der Waals surface area contributed by atoms with E-state index in [4.69, 9.17) is 0 Å². The van der Waals surface area contributed by atoms with Crippen LogP contribution in [0.2, 0.25) is 0 Å². The lowest BCUT2D eigenvalue weighted by atomic mass is 10.00. The monoisotopic (exact) mass is 191 g/mol. The van der Waals surface area contributed by atoms with Gasteiger partial charge >= 0.3 is 0 Å². The molecular formula is C11H13NO2. The molecule has 2 rings (SSSR count). The van der Waals surface area contributed by atoms with Gasteiger partial charge in [0.15, 0.2) is 11.5 Å². The van der Waals surface area contributed by atoms with Gasteiger partial charge in [-0.25, -0.2) is 0 Å². The Hall–Kier alpha value is -1.48. The summed E-state index contributed by atoms with van der Waals surface area (Å²) in [5, 5.41) is 22.2. The molecule has 3 nitrogen and oxygen atoms in total. The Morgan fingerprint density at radius 2 is 2.07 bits per heavy atom. The molecule has 0 aliphatic carbocycles. The number of para-hydroxylation sites is 1. The molecule has 1 aromatic carbocycles. The molecule has 0 radical (unpaired) electrons. The number of aromatic hydroxyl groups is 2. The normalized spacial score (nSPS) is 21.0. The first-order valence-electron chi connectivity index (χ1n) is 4.68. The summed E-state index contributed by atoms with van der Waals surface area (Å²) in [6.07, 6.45) is 4.97. The first-order valence-corrected chi connectivity index (χ1v) is 4.68. The van der Waals surface area contributed by atoms with E-state index >= 15 is 0 Å². The first-order chi connectivity index (χ1) is 6.79. The molecule has 74 valence electrons. The molecule has 3 heteroatoms. The lowest BCUT2D eigenvalue weighted by Gasteiger charge is -2.21. The van der Waals surface area contributed by atoms with Crippen LogP contribution in [0.5, 0.6) is 11.5 Å². The van der Waals surface area contributed by atoms with Gasteiger partial charge in [0.25, 0.3) is 0 Å². The highest BCUT2D eigenvalue weighted by Crippen LogP contribution is 2.34. The lowest BCUT2D eigenvalue weighted by molar-refractivity contribution is 0.391. The fraction of sp³-hybridized carbons (Fsp3) is 0.273. The van der Waals surface area contributed by atoms with Crippen molar-refractivity contribution in [3.8, 4) is 11.5 Å². The molecule has 14 heavy (non-hydrogen) atoms. The molecule has 1 aliphatic rings. The second kappa shape index (κ2) is 3.72. The summed E-state index contributed by atoms with van der Waals surface area (Å²) >= 11 is 0. The summed E-state index contributed by atoms with van der Waals surface area (Å²) in [7, 11) is 0. The van der Waals surface area contributed by atoms with Crippen molar-refractivity contribution >= 4 is 0 Å². The molecule has 0 aromatic heterocycles. The maximum absolute atomic E-state index is 9.64. The Morgan fingerprint density at radius 1 is 1.21 bits per heavy atom. The maximum Gasteiger partial charge on any atom is 0.162 e. The van der Waals surface area contributed by atoms with Crippen LogP contribution < -0.4 is 5.32 Å². The minimum atomic E-state index is -0.0566. The zero-order valence-electron chi connectivity index (χ0n) is 7.77. The topological polar surface area (TPSA) is 52.5 Å². The van der Waals surface area contributed by atoms with E-state index in [9.17, 15) is 10.2 Å². The number of hydrogen-bond acceptors (Lipinski definition) is 3. The molecule has 1 aliphatic heterocycles. The highest BCUT2D eigenvalue weighted by atomic mass is 16.3. The molecule has 0 bridgehead atoms. The highest BCUT2D eigenvalue weighted by molar-refractivity contribution is 5.46. The van der Waals surface area contributed by atoms with E-state index in [0.29, 0.717) is 0 Å². The summed E-state index contributed by atoms with van der Waals surface area (Å²) in [5.74, 6) is -0.0702. The average Bonchev–Trinajstić information content (AvgIpc) is 2.23. The van der Waals surface area contributed by atoms with Gasteiger partial charge < -0.3 is 15.5 Å². The van der Waals surface area contributed by atoms with Gasteiger partial charge in [-0.3, -0.25) is 0 Å². The largest absolute Gasteiger partial charge is 0.504 e. The molecule has 0 saturated heterocycles. The summed E-state index contributed by atoms with van der Waals surface area (Å²) in [6, 6.07) is 5.15. The molecule has 1 heterocycles. The Kier molecular flexibility index (Phi) is 2.41. The van der Waals surface area contributed by atoms with Crippen molar-refractivity contribution in [1.82, 2.24) is 5.32 Å². The smallest absolute Gasteiger partial charge is 0.162 e. The number of benzene rings is 1. The molecule has 1 aromatic rings. The zero-order valence-corrected chi connectivity index (χ0v) is 7.77. The molecule has 0 spiro atoms. The van der Waals surface area contributed by atoms with Crippen molar-refractivity contribution in [1.29, 1.82) is 0 Å². The minimum Gasteiger partial charge on any atom is -0.504 e. The van der Waals surface area contributed by atoms with Crippen LogP contribution in [0.1, 0.15) is 18.0 Å². The van der Waals surface area contributed by atoms with Crippen LogP contribution in [0.3, 0.4) is 0 Å². The lowest BCUT2D eigenvalue weighted by Crippen LogP contribution is -2.23.